The Morgan fingerprint density at radius 2 is 1.57 bits per heavy atom. The molecule has 0 radical (unpaired) electrons. The van der Waals surface area contributed by atoms with Crippen molar-refractivity contribution < 1.29 is 14.3 Å². The van der Waals surface area contributed by atoms with Crippen molar-refractivity contribution in [1.29, 1.82) is 0 Å². The van der Waals surface area contributed by atoms with Crippen molar-refractivity contribution in [3.8, 4) is 0 Å². The van der Waals surface area contributed by atoms with Gasteiger partial charge in [0.1, 0.15) is 0 Å². The maximum Gasteiger partial charge on any atom is 0.251 e. The largest absolute Gasteiger partial charge is 0.379 e. The molecule has 0 aromatic heterocycles. The van der Waals surface area contributed by atoms with Crippen LogP contribution < -0.4 is 16.0 Å². The van der Waals surface area contributed by atoms with E-state index in [1.165, 1.54) is 0 Å². The van der Waals surface area contributed by atoms with Gasteiger partial charge in [-0.05, 0) is 38.0 Å². The van der Waals surface area contributed by atoms with Crippen LogP contribution in [0.1, 0.15) is 49.5 Å². The van der Waals surface area contributed by atoms with Gasteiger partial charge in [-0.2, -0.15) is 0 Å². The van der Waals surface area contributed by atoms with Gasteiger partial charge < -0.3 is 25.4 Å². The standard InChI is InChI=1S/C21H36N4O3/c1-4-7-13-27-15-16-28-14-12-24-21(23-6-3)25-17-18-8-10-19(11-9-18)20(26)22-5-2/h8-11H,4-7,12-17H2,1-3H3,(H,22,26)(H2,23,24,25). The Balaban J connectivity index is 2.32. The number of rotatable bonds is 14. The molecule has 7 nitrogen and oxygen atoms in total. The van der Waals surface area contributed by atoms with E-state index in [-0.39, 0.29) is 5.91 Å². The Labute approximate surface area is 169 Å². The summed E-state index contributed by atoms with van der Waals surface area (Å²) in [4.78, 5) is 16.4. The molecule has 1 amide bonds. The molecule has 1 aromatic rings. The average Bonchev–Trinajstić information content (AvgIpc) is 2.71. The summed E-state index contributed by atoms with van der Waals surface area (Å²) in [7, 11) is 0. The first-order valence-electron chi connectivity index (χ1n) is 10.3. The Morgan fingerprint density at radius 1 is 0.893 bits per heavy atom. The van der Waals surface area contributed by atoms with Crippen LogP contribution in [0.5, 0.6) is 0 Å². The number of nitrogens with one attached hydrogen (secondary N) is 3. The lowest BCUT2D eigenvalue weighted by Gasteiger charge is -2.12. The molecule has 28 heavy (non-hydrogen) atoms. The summed E-state index contributed by atoms with van der Waals surface area (Å²) in [5, 5.41) is 9.27. The lowest BCUT2D eigenvalue weighted by molar-refractivity contribution is 0.0487. The SMILES string of the molecule is CCCCOCCOCCNC(=NCc1ccc(C(=O)NCC)cc1)NCC. The van der Waals surface area contributed by atoms with E-state index < -0.39 is 0 Å². The monoisotopic (exact) mass is 392 g/mol. The van der Waals surface area contributed by atoms with Crippen LogP contribution in [0.4, 0.5) is 0 Å². The minimum absolute atomic E-state index is 0.0525. The van der Waals surface area contributed by atoms with Crippen molar-refractivity contribution >= 4 is 11.9 Å². The molecule has 1 rings (SSSR count). The summed E-state index contributed by atoms with van der Waals surface area (Å²) in [6.45, 7) is 11.4. The maximum absolute atomic E-state index is 11.8. The van der Waals surface area contributed by atoms with E-state index in [1.54, 1.807) is 0 Å². The lowest BCUT2D eigenvalue weighted by Crippen LogP contribution is -2.39. The highest BCUT2D eigenvalue weighted by molar-refractivity contribution is 5.94. The third-order valence-corrected chi connectivity index (χ3v) is 3.87. The molecule has 0 heterocycles. The lowest BCUT2D eigenvalue weighted by atomic mass is 10.1. The van der Waals surface area contributed by atoms with Crippen molar-refractivity contribution in [2.24, 2.45) is 4.99 Å². The molecule has 0 spiro atoms. The number of ether oxygens (including phenoxy) is 2. The molecule has 0 atom stereocenters. The van der Waals surface area contributed by atoms with Crippen LogP contribution >= 0.6 is 0 Å². The van der Waals surface area contributed by atoms with Gasteiger partial charge in [0.05, 0.1) is 26.4 Å². The predicted molar refractivity (Wildman–Crippen MR) is 114 cm³/mol. The Morgan fingerprint density at radius 3 is 2.21 bits per heavy atom. The van der Waals surface area contributed by atoms with Gasteiger partial charge in [0, 0.05) is 31.8 Å². The highest BCUT2D eigenvalue weighted by Crippen LogP contribution is 2.05. The molecule has 0 fully saturated rings. The number of guanidine groups is 1. The topological polar surface area (TPSA) is 84.0 Å². The van der Waals surface area contributed by atoms with Crippen molar-refractivity contribution in [3.63, 3.8) is 0 Å². The molecule has 1 aromatic carbocycles. The number of benzene rings is 1. The summed E-state index contributed by atoms with van der Waals surface area (Å²) in [5.74, 6) is 0.696. The highest BCUT2D eigenvalue weighted by atomic mass is 16.5. The summed E-state index contributed by atoms with van der Waals surface area (Å²) in [5.41, 5.74) is 1.71. The van der Waals surface area contributed by atoms with E-state index in [0.29, 0.717) is 45.0 Å². The van der Waals surface area contributed by atoms with E-state index in [0.717, 1.165) is 37.5 Å². The van der Waals surface area contributed by atoms with Gasteiger partial charge in [-0.3, -0.25) is 4.79 Å². The summed E-state index contributed by atoms with van der Waals surface area (Å²) in [6.07, 6.45) is 2.24. The van der Waals surface area contributed by atoms with E-state index in [4.69, 9.17) is 9.47 Å². The minimum atomic E-state index is -0.0525. The van der Waals surface area contributed by atoms with E-state index in [2.05, 4.69) is 27.9 Å². The van der Waals surface area contributed by atoms with Crippen LogP contribution in [0.25, 0.3) is 0 Å². The third-order valence-electron chi connectivity index (χ3n) is 3.87. The van der Waals surface area contributed by atoms with Gasteiger partial charge in [0.2, 0.25) is 0 Å². The molecule has 0 aliphatic rings. The molecule has 7 heteroatoms. The van der Waals surface area contributed by atoms with Crippen LogP contribution in [0.3, 0.4) is 0 Å². The number of carbonyl (C=O) groups excluding carboxylic acids is 1. The van der Waals surface area contributed by atoms with Gasteiger partial charge in [-0.15, -0.1) is 0 Å². The Kier molecular flexibility index (Phi) is 13.6. The number of carbonyl (C=O) groups is 1. The zero-order chi connectivity index (χ0) is 20.5. The van der Waals surface area contributed by atoms with Crippen LogP contribution in [0.2, 0.25) is 0 Å². The van der Waals surface area contributed by atoms with Crippen molar-refractivity contribution in [2.45, 2.75) is 40.2 Å². The van der Waals surface area contributed by atoms with E-state index in [1.807, 2.05) is 38.1 Å². The molecule has 158 valence electrons. The number of unbranched alkanes of at least 4 members (excludes halogenated alkanes) is 1. The zero-order valence-electron chi connectivity index (χ0n) is 17.6. The van der Waals surface area contributed by atoms with Crippen molar-refractivity contribution in [3.05, 3.63) is 35.4 Å². The third kappa shape index (κ3) is 10.9. The molecular formula is C21H36N4O3. The molecule has 0 aliphatic heterocycles. The fraction of sp³-hybridized carbons (Fsp3) is 0.619. The Hall–Kier alpha value is -2.12. The fourth-order valence-electron chi connectivity index (χ4n) is 2.35. The molecule has 3 N–H and O–H groups in total. The van der Waals surface area contributed by atoms with Crippen LogP contribution in [-0.4, -0.2) is 57.9 Å². The molecule has 0 saturated carbocycles. The van der Waals surface area contributed by atoms with Gasteiger partial charge in [-0.25, -0.2) is 4.99 Å². The number of amides is 1. The molecule has 0 unspecified atom stereocenters. The number of aliphatic imine (C=N–C) groups is 1. The van der Waals surface area contributed by atoms with Crippen LogP contribution in [0, 0.1) is 0 Å². The van der Waals surface area contributed by atoms with Gasteiger partial charge in [0.25, 0.3) is 5.91 Å². The van der Waals surface area contributed by atoms with E-state index in [9.17, 15) is 4.79 Å². The second-order valence-corrected chi connectivity index (χ2v) is 6.26. The van der Waals surface area contributed by atoms with Gasteiger partial charge in [0.15, 0.2) is 5.96 Å². The van der Waals surface area contributed by atoms with E-state index >= 15 is 0 Å². The molecular weight excluding hydrogens is 356 g/mol. The number of nitrogens with zero attached hydrogens (tertiary/aromatic N) is 1. The first kappa shape index (κ1) is 23.9. The normalized spacial score (nSPS) is 11.3. The molecule has 0 bridgehead atoms. The summed E-state index contributed by atoms with van der Waals surface area (Å²) in [6, 6.07) is 7.51. The Bertz CT molecular complexity index is 561. The second kappa shape index (κ2) is 15.9. The fourth-order valence-corrected chi connectivity index (χ4v) is 2.35. The molecule has 0 aliphatic carbocycles. The molecule has 0 saturated heterocycles. The first-order valence-corrected chi connectivity index (χ1v) is 10.3. The smallest absolute Gasteiger partial charge is 0.251 e. The maximum atomic E-state index is 11.8. The van der Waals surface area contributed by atoms with Gasteiger partial charge >= 0.3 is 0 Å². The first-order chi connectivity index (χ1) is 13.7. The second-order valence-electron chi connectivity index (χ2n) is 6.26. The number of hydrogen-bond donors (Lipinski definition) is 3. The predicted octanol–water partition coefficient (Wildman–Crippen LogP) is 2.32. The average molecular weight is 393 g/mol. The number of hydrogen-bond acceptors (Lipinski definition) is 4. The van der Waals surface area contributed by atoms with Crippen molar-refractivity contribution in [1.82, 2.24) is 16.0 Å². The highest BCUT2D eigenvalue weighted by Gasteiger charge is 2.03. The van der Waals surface area contributed by atoms with Crippen LogP contribution in [-0.2, 0) is 16.0 Å². The summed E-state index contributed by atoms with van der Waals surface area (Å²) >= 11 is 0. The van der Waals surface area contributed by atoms with Crippen LogP contribution in [0.15, 0.2) is 29.3 Å². The summed E-state index contributed by atoms with van der Waals surface area (Å²) < 4.78 is 11.0. The quantitative estimate of drug-likeness (QED) is 0.257. The van der Waals surface area contributed by atoms with Gasteiger partial charge in [-0.1, -0.05) is 25.5 Å². The van der Waals surface area contributed by atoms with Crippen molar-refractivity contribution in [2.75, 3.05) is 46.1 Å². The zero-order valence-corrected chi connectivity index (χ0v) is 17.6. The minimum Gasteiger partial charge on any atom is -0.379 e.